The lowest BCUT2D eigenvalue weighted by Crippen LogP contribution is -2.37. The molecule has 2 heterocycles. The van der Waals surface area contributed by atoms with Crippen LogP contribution in [0.1, 0.15) is 6.42 Å². The Balaban J connectivity index is 1.61. The molecule has 0 atom stereocenters. The number of nitrogens with zero attached hydrogens (tertiary/aromatic N) is 4. The molecule has 0 radical (unpaired) electrons. The zero-order valence-corrected chi connectivity index (χ0v) is 15.4. The van der Waals surface area contributed by atoms with E-state index in [1.807, 2.05) is 30.3 Å². The van der Waals surface area contributed by atoms with E-state index in [2.05, 4.69) is 15.6 Å². The molecule has 0 aliphatic rings. The standard InChI is InChI=1S/C17H20N6O2S/c1-21-14-13(15(24)22(2)17(21)25)23(11-19-14)10-6-9-18-16(26)20-12-7-4-3-5-8-12/h3-5,7-8,11H,6,9-10H2,1-2H3,(H2,18,20,26). The van der Waals surface area contributed by atoms with Gasteiger partial charge in [0.25, 0.3) is 5.56 Å². The Morgan fingerprint density at radius 2 is 1.88 bits per heavy atom. The second-order valence-corrected chi connectivity index (χ2v) is 6.32. The van der Waals surface area contributed by atoms with E-state index in [0.29, 0.717) is 29.4 Å². The van der Waals surface area contributed by atoms with Crippen molar-refractivity contribution in [2.75, 3.05) is 11.9 Å². The van der Waals surface area contributed by atoms with Crippen LogP contribution in [0.5, 0.6) is 0 Å². The summed E-state index contributed by atoms with van der Waals surface area (Å²) < 4.78 is 4.24. The molecule has 1 aromatic carbocycles. The number of thiocarbonyl (C=S) groups is 1. The molecule has 3 rings (SSSR count). The summed E-state index contributed by atoms with van der Waals surface area (Å²) in [5.74, 6) is 0. The van der Waals surface area contributed by atoms with Crippen LogP contribution in [-0.2, 0) is 20.6 Å². The number of hydrogen-bond acceptors (Lipinski definition) is 4. The van der Waals surface area contributed by atoms with Crippen molar-refractivity contribution in [1.29, 1.82) is 0 Å². The van der Waals surface area contributed by atoms with Gasteiger partial charge in [-0.2, -0.15) is 0 Å². The number of anilines is 1. The Hall–Kier alpha value is -2.94. The van der Waals surface area contributed by atoms with Crippen LogP contribution in [0.2, 0.25) is 0 Å². The smallest absolute Gasteiger partial charge is 0.332 e. The van der Waals surface area contributed by atoms with Gasteiger partial charge in [0.2, 0.25) is 0 Å². The molecule has 136 valence electrons. The summed E-state index contributed by atoms with van der Waals surface area (Å²) in [5, 5.41) is 6.79. The first-order chi connectivity index (χ1) is 12.5. The lowest BCUT2D eigenvalue weighted by atomic mass is 10.3. The number of fused-ring (bicyclic) bond motifs is 1. The van der Waals surface area contributed by atoms with Crippen molar-refractivity contribution < 1.29 is 0 Å². The quantitative estimate of drug-likeness (QED) is 0.509. The molecule has 0 fully saturated rings. The summed E-state index contributed by atoms with van der Waals surface area (Å²) in [4.78, 5) is 28.5. The van der Waals surface area contributed by atoms with E-state index < -0.39 is 0 Å². The molecule has 2 N–H and O–H groups in total. The predicted octanol–water partition coefficient (Wildman–Crippen LogP) is 0.810. The van der Waals surface area contributed by atoms with Gasteiger partial charge in [0.05, 0.1) is 6.33 Å². The van der Waals surface area contributed by atoms with Crippen LogP contribution in [0.4, 0.5) is 5.69 Å². The molecule has 26 heavy (non-hydrogen) atoms. The fraction of sp³-hybridized carbons (Fsp3) is 0.294. The van der Waals surface area contributed by atoms with Crippen LogP contribution < -0.4 is 21.9 Å². The molecule has 0 aliphatic carbocycles. The van der Waals surface area contributed by atoms with Gasteiger partial charge >= 0.3 is 5.69 Å². The van der Waals surface area contributed by atoms with Crippen LogP contribution >= 0.6 is 12.2 Å². The molecule has 8 nitrogen and oxygen atoms in total. The highest BCUT2D eigenvalue weighted by Gasteiger charge is 2.13. The summed E-state index contributed by atoms with van der Waals surface area (Å²) in [6, 6.07) is 9.68. The van der Waals surface area contributed by atoms with Gasteiger partial charge in [0.15, 0.2) is 16.3 Å². The molecular weight excluding hydrogens is 352 g/mol. The molecular formula is C17H20N6O2S. The van der Waals surface area contributed by atoms with Crippen molar-refractivity contribution in [3.8, 4) is 0 Å². The fourth-order valence-corrected chi connectivity index (χ4v) is 2.93. The molecule has 0 unspecified atom stereocenters. The molecule has 9 heteroatoms. The highest BCUT2D eigenvalue weighted by atomic mass is 32.1. The van der Waals surface area contributed by atoms with Gasteiger partial charge in [-0.15, -0.1) is 0 Å². The second kappa shape index (κ2) is 7.52. The summed E-state index contributed by atoms with van der Waals surface area (Å²) in [6.45, 7) is 1.23. The van der Waals surface area contributed by atoms with E-state index in [4.69, 9.17) is 12.2 Å². The number of nitrogens with one attached hydrogen (secondary N) is 2. The minimum Gasteiger partial charge on any atom is -0.362 e. The number of para-hydroxylation sites is 1. The van der Waals surface area contributed by atoms with Gasteiger partial charge in [-0.25, -0.2) is 9.78 Å². The first-order valence-electron chi connectivity index (χ1n) is 8.20. The highest BCUT2D eigenvalue weighted by molar-refractivity contribution is 7.80. The summed E-state index contributed by atoms with van der Waals surface area (Å²) in [6.07, 6.45) is 2.33. The van der Waals surface area contributed by atoms with Crippen LogP contribution in [0.3, 0.4) is 0 Å². The molecule has 0 spiro atoms. The molecule has 0 saturated carbocycles. The Morgan fingerprint density at radius 3 is 2.62 bits per heavy atom. The molecule has 2 aromatic heterocycles. The van der Waals surface area contributed by atoms with Crippen molar-refractivity contribution in [3.05, 3.63) is 57.5 Å². The predicted molar refractivity (Wildman–Crippen MR) is 105 cm³/mol. The third-order valence-corrected chi connectivity index (χ3v) is 4.36. The summed E-state index contributed by atoms with van der Waals surface area (Å²) in [7, 11) is 3.08. The third kappa shape index (κ3) is 3.52. The Morgan fingerprint density at radius 1 is 1.15 bits per heavy atom. The average Bonchev–Trinajstić information content (AvgIpc) is 3.06. The minimum atomic E-state index is -0.383. The van der Waals surface area contributed by atoms with E-state index in [-0.39, 0.29) is 11.2 Å². The summed E-state index contributed by atoms with van der Waals surface area (Å²) >= 11 is 5.26. The maximum absolute atomic E-state index is 12.4. The first kappa shape index (κ1) is 17.9. The van der Waals surface area contributed by atoms with E-state index in [1.54, 1.807) is 17.9 Å². The van der Waals surface area contributed by atoms with Crippen molar-refractivity contribution in [1.82, 2.24) is 24.0 Å². The third-order valence-electron chi connectivity index (χ3n) is 4.11. The molecule has 0 bridgehead atoms. The topological polar surface area (TPSA) is 85.9 Å². The van der Waals surface area contributed by atoms with E-state index in [1.165, 1.54) is 11.6 Å². The van der Waals surface area contributed by atoms with Crippen LogP contribution in [0.25, 0.3) is 11.2 Å². The van der Waals surface area contributed by atoms with Crippen LogP contribution in [0, 0.1) is 0 Å². The normalized spacial score (nSPS) is 10.8. The van der Waals surface area contributed by atoms with Gasteiger partial charge in [0.1, 0.15) is 0 Å². The zero-order valence-electron chi connectivity index (χ0n) is 14.6. The molecule has 0 saturated heterocycles. The number of aromatic nitrogens is 4. The van der Waals surface area contributed by atoms with Gasteiger partial charge < -0.3 is 15.2 Å². The van der Waals surface area contributed by atoms with Crippen molar-refractivity contribution in [3.63, 3.8) is 0 Å². The first-order valence-corrected chi connectivity index (χ1v) is 8.60. The Kier molecular flexibility index (Phi) is 5.17. The van der Waals surface area contributed by atoms with E-state index in [0.717, 1.165) is 16.7 Å². The number of aryl methyl sites for hydroxylation is 2. The monoisotopic (exact) mass is 372 g/mol. The minimum absolute atomic E-state index is 0.338. The van der Waals surface area contributed by atoms with Crippen LogP contribution in [-0.4, -0.2) is 30.3 Å². The maximum Gasteiger partial charge on any atom is 0.332 e. The van der Waals surface area contributed by atoms with E-state index >= 15 is 0 Å². The van der Waals surface area contributed by atoms with Gasteiger partial charge in [-0.1, -0.05) is 18.2 Å². The maximum atomic E-state index is 12.4. The van der Waals surface area contributed by atoms with E-state index in [9.17, 15) is 9.59 Å². The van der Waals surface area contributed by atoms with Crippen molar-refractivity contribution >= 4 is 34.2 Å². The largest absolute Gasteiger partial charge is 0.362 e. The zero-order chi connectivity index (χ0) is 18.7. The Bertz CT molecular complexity index is 1050. The van der Waals surface area contributed by atoms with Crippen molar-refractivity contribution in [2.45, 2.75) is 13.0 Å². The fourth-order valence-electron chi connectivity index (χ4n) is 2.71. The number of rotatable bonds is 5. The number of imidazole rings is 1. The SMILES string of the molecule is Cn1c(=O)c2c(ncn2CCCNC(=S)Nc2ccccc2)n(C)c1=O. The van der Waals surface area contributed by atoms with Gasteiger partial charge in [0, 0.05) is 32.9 Å². The average molecular weight is 372 g/mol. The number of benzene rings is 1. The molecule has 0 amide bonds. The Labute approximate surface area is 155 Å². The molecule has 3 aromatic rings. The summed E-state index contributed by atoms with van der Waals surface area (Å²) in [5.41, 5.74) is 1.03. The highest BCUT2D eigenvalue weighted by Crippen LogP contribution is 2.06. The van der Waals surface area contributed by atoms with Crippen LogP contribution in [0.15, 0.2) is 46.2 Å². The number of hydrogen-bond donors (Lipinski definition) is 2. The molecule has 0 aliphatic heterocycles. The lowest BCUT2D eigenvalue weighted by molar-refractivity contribution is 0.638. The van der Waals surface area contributed by atoms with Gasteiger partial charge in [-0.3, -0.25) is 13.9 Å². The van der Waals surface area contributed by atoms with Crippen molar-refractivity contribution in [2.24, 2.45) is 14.1 Å². The lowest BCUT2D eigenvalue weighted by Gasteiger charge is -2.11. The van der Waals surface area contributed by atoms with Gasteiger partial charge in [-0.05, 0) is 30.8 Å². The second-order valence-electron chi connectivity index (χ2n) is 5.92.